The highest BCUT2D eigenvalue weighted by molar-refractivity contribution is 7.90. The third-order valence-corrected chi connectivity index (χ3v) is 3.59. The molecule has 0 aliphatic heterocycles. The van der Waals surface area contributed by atoms with Gasteiger partial charge in [0.25, 0.3) is 0 Å². The van der Waals surface area contributed by atoms with Gasteiger partial charge in [0, 0.05) is 25.1 Å². The minimum absolute atomic E-state index is 0.300. The molecule has 0 spiro atoms. The van der Waals surface area contributed by atoms with Gasteiger partial charge in [0.15, 0.2) is 9.84 Å². The highest BCUT2D eigenvalue weighted by Crippen LogP contribution is 2.19. The Balaban J connectivity index is 2.40. The summed E-state index contributed by atoms with van der Waals surface area (Å²) in [6, 6.07) is 8.39. The number of benzene rings is 1. The van der Waals surface area contributed by atoms with Crippen LogP contribution in [0.3, 0.4) is 0 Å². The number of nitrogens with zero attached hydrogens (tertiary/aromatic N) is 2. The number of aromatic nitrogens is 2. The van der Waals surface area contributed by atoms with Crippen molar-refractivity contribution in [2.24, 2.45) is 0 Å². The third-order valence-electron chi connectivity index (χ3n) is 2.46. The molecule has 2 aromatic rings. The predicted octanol–water partition coefficient (Wildman–Crippen LogP) is 1.59. The standard InChI is InChI=1S/C12H13N3O2S/c1-13-12-14-8-7-11(15-12)9-3-5-10(6-4-9)18(2,16)17/h3-8H,1-2H3,(H,13,14,15). The molecule has 1 N–H and O–H groups in total. The van der Waals surface area contributed by atoms with E-state index in [1.54, 1.807) is 43.6 Å². The summed E-state index contributed by atoms with van der Waals surface area (Å²) in [7, 11) is -1.42. The maximum absolute atomic E-state index is 11.3. The average molecular weight is 263 g/mol. The van der Waals surface area contributed by atoms with Gasteiger partial charge < -0.3 is 5.32 Å². The van der Waals surface area contributed by atoms with Gasteiger partial charge in [-0.2, -0.15) is 0 Å². The zero-order valence-corrected chi connectivity index (χ0v) is 10.9. The van der Waals surface area contributed by atoms with Crippen LogP contribution in [0, 0.1) is 0 Å². The average Bonchev–Trinajstić information content (AvgIpc) is 2.38. The summed E-state index contributed by atoms with van der Waals surface area (Å²) in [5.41, 5.74) is 1.59. The van der Waals surface area contributed by atoms with E-state index in [9.17, 15) is 8.42 Å². The fraction of sp³-hybridized carbons (Fsp3) is 0.167. The van der Waals surface area contributed by atoms with E-state index in [2.05, 4.69) is 15.3 Å². The first-order valence-corrected chi connectivity index (χ1v) is 7.21. The minimum Gasteiger partial charge on any atom is -0.357 e. The molecule has 1 aromatic heterocycles. The normalized spacial score (nSPS) is 11.2. The molecule has 0 fully saturated rings. The molecule has 6 heteroatoms. The van der Waals surface area contributed by atoms with Gasteiger partial charge in [-0.25, -0.2) is 18.4 Å². The Morgan fingerprint density at radius 1 is 1.11 bits per heavy atom. The van der Waals surface area contributed by atoms with E-state index in [0.717, 1.165) is 11.3 Å². The summed E-state index contributed by atoms with van der Waals surface area (Å²) in [6.45, 7) is 0. The molecule has 1 heterocycles. The zero-order chi connectivity index (χ0) is 13.2. The summed E-state index contributed by atoms with van der Waals surface area (Å²) in [5.74, 6) is 0.527. The molecule has 0 atom stereocenters. The second kappa shape index (κ2) is 4.73. The van der Waals surface area contributed by atoms with Crippen LogP contribution in [-0.2, 0) is 9.84 Å². The monoisotopic (exact) mass is 263 g/mol. The third kappa shape index (κ3) is 2.65. The van der Waals surface area contributed by atoms with E-state index in [-0.39, 0.29) is 0 Å². The Morgan fingerprint density at radius 2 is 1.78 bits per heavy atom. The van der Waals surface area contributed by atoms with Crippen molar-refractivity contribution >= 4 is 15.8 Å². The van der Waals surface area contributed by atoms with Crippen LogP contribution in [0.2, 0.25) is 0 Å². The van der Waals surface area contributed by atoms with Crippen molar-refractivity contribution in [3.05, 3.63) is 36.5 Å². The Kier molecular flexibility index (Phi) is 3.29. The first-order valence-electron chi connectivity index (χ1n) is 5.32. The van der Waals surface area contributed by atoms with E-state index >= 15 is 0 Å². The molecule has 1 aromatic carbocycles. The van der Waals surface area contributed by atoms with Crippen LogP contribution >= 0.6 is 0 Å². The fourth-order valence-electron chi connectivity index (χ4n) is 1.51. The lowest BCUT2D eigenvalue weighted by Crippen LogP contribution is -1.98. The lowest BCUT2D eigenvalue weighted by molar-refractivity contribution is 0.602. The van der Waals surface area contributed by atoms with Crippen LogP contribution in [0.15, 0.2) is 41.4 Å². The molecule has 0 bridgehead atoms. The first-order chi connectivity index (χ1) is 8.50. The van der Waals surface area contributed by atoms with Crippen molar-refractivity contribution in [2.75, 3.05) is 18.6 Å². The fourth-order valence-corrected chi connectivity index (χ4v) is 2.14. The van der Waals surface area contributed by atoms with Crippen molar-refractivity contribution in [2.45, 2.75) is 4.90 Å². The van der Waals surface area contributed by atoms with Gasteiger partial charge in [-0.05, 0) is 18.2 Å². The number of rotatable bonds is 3. The molecule has 18 heavy (non-hydrogen) atoms. The van der Waals surface area contributed by atoms with Gasteiger partial charge in [-0.1, -0.05) is 12.1 Å². The van der Waals surface area contributed by atoms with Crippen molar-refractivity contribution in [1.29, 1.82) is 0 Å². The van der Waals surface area contributed by atoms with Crippen LogP contribution in [-0.4, -0.2) is 31.7 Å². The van der Waals surface area contributed by atoms with Gasteiger partial charge in [0.1, 0.15) is 0 Å². The van der Waals surface area contributed by atoms with Crippen LogP contribution in [0.5, 0.6) is 0 Å². The number of hydrogen-bond donors (Lipinski definition) is 1. The van der Waals surface area contributed by atoms with Crippen LogP contribution < -0.4 is 5.32 Å². The molecule has 0 aliphatic carbocycles. The van der Waals surface area contributed by atoms with E-state index in [4.69, 9.17) is 0 Å². The van der Waals surface area contributed by atoms with Gasteiger partial charge in [-0.15, -0.1) is 0 Å². The predicted molar refractivity (Wildman–Crippen MR) is 70.1 cm³/mol. The second-order valence-corrected chi connectivity index (χ2v) is 5.83. The van der Waals surface area contributed by atoms with Gasteiger partial charge in [0.2, 0.25) is 5.95 Å². The minimum atomic E-state index is -3.16. The lowest BCUT2D eigenvalue weighted by atomic mass is 10.1. The topological polar surface area (TPSA) is 72.0 Å². The molecule has 5 nitrogen and oxygen atoms in total. The highest BCUT2D eigenvalue weighted by atomic mass is 32.2. The number of anilines is 1. The molecule has 0 saturated carbocycles. The maximum atomic E-state index is 11.3. The van der Waals surface area contributed by atoms with E-state index < -0.39 is 9.84 Å². The Hall–Kier alpha value is -1.95. The molecule has 94 valence electrons. The Labute approximate surface area is 106 Å². The number of hydrogen-bond acceptors (Lipinski definition) is 5. The SMILES string of the molecule is CNc1nccc(-c2ccc(S(C)(=O)=O)cc2)n1. The first kappa shape index (κ1) is 12.5. The summed E-state index contributed by atoms with van der Waals surface area (Å²) in [4.78, 5) is 8.60. The summed E-state index contributed by atoms with van der Waals surface area (Å²) in [6.07, 6.45) is 2.84. The second-order valence-electron chi connectivity index (χ2n) is 3.81. The molecule has 0 radical (unpaired) electrons. The van der Waals surface area contributed by atoms with E-state index in [1.807, 2.05) is 0 Å². The summed E-state index contributed by atoms with van der Waals surface area (Å²) in [5, 5.41) is 2.85. The zero-order valence-electron chi connectivity index (χ0n) is 10.1. The lowest BCUT2D eigenvalue weighted by Gasteiger charge is -2.04. The molecule has 2 rings (SSSR count). The van der Waals surface area contributed by atoms with Gasteiger partial charge >= 0.3 is 0 Å². The van der Waals surface area contributed by atoms with E-state index in [1.165, 1.54) is 6.26 Å². The maximum Gasteiger partial charge on any atom is 0.222 e. The molecular formula is C12H13N3O2S. The Morgan fingerprint density at radius 3 is 2.33 bits per heavy atom. The van der Waals surface area contributed by atoms with Crippen molar-refractivity contribution in [1.82, 2.24) is 9.97 Å². The highest BCUT2D eigenvalue weighted by Gasteiger charge is 2.07. The number of nitrogens with one attached hydrogen (secondary N) is 1. The Bertz CT molecular complexity index is 651. The van der Waals surface area contributed by atoms with Gasteiger partial charge in [-0.3, -0.25) is 0 Å². The van der Waals surface area contributed by atoms with Crippen molar-refractivity contribution in [3.63, 3.8) is 0 Å². The molecule has 0 aliphatic rings. The molecular weight excluding hydrogens is 250 g/mol. The van der Waals surface area contributed by atoms with Crippen molar-refractivity contribution < 1.29 is 8.42 Å². The smallest absolute Gasteiger partial charge is 0.222 e. The van der Waals surface area contributed by atoms with Crippen LogP contribution in [0.25, 0.3) is 11.3 Å². The largest absolute Gasteiger partial charge is 0.357 e. The molecule has 0 unspecified atom stereocenters. The summed E-state index contributed by atoms with van der Waals surface area (Å²) < 4.78 is 22.7. The molecule has 0 saturated heterocycles. The van der Waals surface area contributed by atoms with E-state index in [0.29, 0.717) is 10.8 Å². The quantitative estimate of drug-likeness (QED) is 0.910. The van der Waals surface area contributed by atoms with Gasteiger partial charge in [0.05, 0.1) is 10.6 Å². The van der Waals surface area contributed by atoms with Crippen molar-refractivity contribution in [3.8, 4) is 11.3 Å². The number of sulfone groups is 1. The molecule has 0 amide bonds. The van der Waals surface area contributed by atoms with Crippen LogP contribution in [0.1, 0.15) is 0 Å². The summed E-state index contributed by atoms with van der Waals surface area (Å²) >= 11 is 0. The van der Waals surface area contributed by atoms with Crippen LogP contribution in [0.4, 0.5) is 5.95 Å².